The second kappa shape index (κ2) is 3.18. The Labute approximate surface area is 79.1 Å². The highest BCUT2D eigenvalue weighted by Crippen LogP contribution is 2.19. The van der Waals surface area contributed by atoms with Crippen molar-refractivity contribution in [1.82, 2.24) is 20.4 Å². The molecule has 5 nitrogen and oxygen atoms in total. The standard InChI is InChI=1S/C7H7ClN4O/c1-4-5(3-9-10-4)7-12-11-6(2-8)13-7/h3H,2H2,1H3,(H,9,10). The predicted octanol–water partition coefficient (Wildman–Crippen LogP) is 1.51. The maximum atomic E-state index is 5.52. The molecule has 0 saturated heterocycles. The Kier molecular flexibility index (Phi) is 2.02. The summed E-state index contributed by atoms with van der Waals surface area (Å²) >= 11 is 5.52. The molecule has 2 rings (SSSR count). The van der Waals surface area contributed by atoms with Crippen molar-refractivity contribution in [2.75, 3.05) is 0 Å². The summed E-state index contributed by atoms with van der Waals surface area (Å²) in [6.07, 6.45) is 1.64. The number of aromatic amines is 1. The quantitative estimate of drug-likeness (QED) is 0.743. The smallest absolute Gasteiger partial charge is 0.251 e. The largest absolute Gasteiger partial charge is 0.419 e. The lowest BCUT2D eigenvalue weighted by atomic mass is 10.3. The van der Waals surface area contributed by atoms with Crippen molar-refractivity contribution < 1.29 is 4.42 Å². The lowest BCUT2D eigenvalue weighted by Gasteiger charge is -1.88. The zero-order chi connectivity index (χ0) is 9.26. The van der Waals surface area contributed by atoms with Gasteiger partial charge in [0.05, 0.1) is 11.8 Å². The number of aromatic nitrogens is 4. The highest BCUT2D eigenvalue weighted by Gasteiger charge is 2.11. The van der Waals surface area contributed by atoms with Gasteiger partial charge in [0.15, 0.2) is 0 Å². The SMILES string of the molecule is Cc1[nH]ncc1-c1nnc(CCl)o1. The maximum Gasteiger partial charge on any atom is 0.251 e. The van der Waals surface area contributed by atoms with Crippen LogP contribution >= 0.6 is 11.6 Å². The van der Waals surface area contributed by atoms with E-state index in [2.05, 4.69) is 20.4 Å². The Morgan fingerprint density at radius 1 is 1.54 bits per heavy atom. The molecule has 68 valence electrons. The first-order valence-electron chi connectivity index (χ1n) is 3.70. The first-order valence-corrected chi connectivity index (χ1v) is 4.23. The molecule has 2 aromatic rings. The second-order valence-electron chi connectivity index (χ2n) is 2.54. The van der Waals surface area contributed by atoms with Crippen LogP contribution < -0.4 is 0 Å². The van der Waals surface area contributed by atoms with Crippen LogP contribution in [-0.4, -0.2) is 20.4 Å². The van der Waals surface area contributed by atoms with Gasteiger partial charge in [-0.2, -0.15) is 5.10 Å². The van der Waals surface area contributed by atoms with Crippen LogP contribution in [0.5, 0.6) is 0 Å². The molecule has 0 unspecified atom stereocenters. The van der Waals surface area contributed by atoms with E-state index in [-0.39, 0.29) is 5.88 Å². The third kappa shape index (κ3) is 1.42. The fourth-order valence-corrected chi connectivity index (χ4v) is 1.09. The van der Waals surface area contributed by atoms with Gasteiger partial charge >= 0.3 is 0 Å². The van der Waals surface area contributed by atoms with Crippen molar-refractivity contribution in [1.29, 1.82) is 0 Å². The highest BCUT2D eigenvalue weighted by atomic mass is 35.5. The van der Waals surface area contributed by atoms with Crippen LogP contribution in [0.3, 0.4) is 0 Å². The number of halogens is 1. The lowest BCUT2D eigenvalue weighted by Crippen LogP contribution is -1.78. The second-order valence-corrected chi connectivity index (χ2v) is 2.81. The van der Waals surface area contributed by atoms with Gasteiger partial charge in [-0.05, 0) is 6.92 Å². The molecule has 2 heterocycles. The van der Waals surface area contributed by atoms with Gasteiger partial charge in [-0.25, -0.2) is 0 Å². The third-order valence-electron chi connectivity index (χ3n) is 1.64. The number of hydrogen-bond donors (Lipinski definition) is 1. The number of alkyl halides is 1. The van der Waals surface area contributed by atoms with Gasteiger partial charge < -0.3 is 4.42 Å². The molecule has 0 aliphatic heterocycles. The number of hydrogen-bond acceptors (Lipinski definition) is 4. The molecule has 0 saturated carbocycles. The minimum absolute atomic E-state index is 0.226. The number of H-pyrrole nitrogens is 1. The zero-order valence-electron chi connectivity index (χ0n) is 6.91. The highest BCUT2D eigenvalue weighted by molar-refractivity contribution is 6.16. The van der Waals surface area contributed by atoms with E-state index in [4.69, 9.17) is 16.0 Å². The van der Waals surface area contributed by atoms with Crippen molar-refractivity contribution in [3.05, 3.63) is 17.8 Å². The maximum absolute atomic E-state index is 5.52. The van der Waals surface area contributed by atoms with Crippen LogP contribution in [0.4, 0.5) is 0 Å². The monoisotopic (exact) mass is 198 g/mol. The van der Waals surface area contributed by atoms with E-state index >= 15 is 0 Å². The van der Waals surface area contributed by atoms with Gasteiger partial charge in [-0.15, -0.1) is 21.8 Å². The zero-order valence-corrected chi connectivity index (χ0v) is 7.67. The Morgan fingerprint density at radius 3 is 2.92 bits per heavy atom. The fourth-order valence-electron chi connectivity index (χ4n) is 0.983. The van der Waals surface area contributed by atoms with Gasteiger partial charge in [0.2, 0.25) is 5.89 Å². The van der Waals surface area contributed by atoms with Crippen LogP contribution in [-0.2, 0) is 5.88 Å². The molecule has 6 heteroatoms. The van der Waals surface area contributed by atoms with Crippen molar-refractivity contribution in [2.45, 2.75) is 12.8 Å². The van der Waals surface area contributed by atoms with E-state index in [9.17, 15) is 0 Å². The van der Waals surface area contributed by atoms with Crippen LogP contribution in [0.25, 0.3) is 11.5 Å². The summed E-state index contributed by atoms with van der Waals surface area (Å²) in [4.78, 5) is 0. The van der Waals surface area contributed by atoms with Crippen molar-refractivity contribution >= 4 is 11.6 Å². The lowest BCUT2D eigenvalue weighted by molar-refractivity contribution is 0.527. The van der Waals surface area contributed by atoms with E-state index in [1.807, 2.05) is 6.92 Å². The Hall–Kier alpha value is -1.36. The van der Waals surface area contributed by atoms with Crippen LogP contribution in [0, 0.1) is 6.92 Å². The molecule has 1 N–H and O–H groups in total. The van der Waals surface area contributed by atoms with E-state index in [0.717, 1.165) is 11.3 Å². The van der Waals surface area contributed by atoms with Crippen molar-refractivity contribution in [3.63, 3.8) is 0 Å². The molecular weight excluding hydrogens is 192 g/mol. The van der Waals surface area contributed by atoms with E-state index in [0.29, 0.717) is 11.8 Å². The molecule has 0 spiro atoms. The Morgan fingerprint density at radius 2 is 2.38 bits per heavy atom. The molecule has 0 bridgehead atoms. The van der Waals surface area contributed by atoms with Gasteiger partial charge in [-0.1, -0.05) is 0 Å². The molecule has 0 atom stereocenters. The topological polar surface area (TPSA) is 67.6 Å². The molecule has 0 radical (unpaired) electrons. The van der Waals surface area contributed by atoms with E-state index < -0.39 is 0 Å². The Bertz CT molecular complexity index is 408. The molecule has 0 aliphatic carbocycles. The number of nitrogens with one attached hydrogen (secondary N) is 1. The van der Waals surface area contributed by atoms with Crippen molar-refractivity contribution in [2.24, 2.45) is 0 Å². The minimum Gasteiger partial charge on any atom is -0.419 e. The van der Waals surface area contributed by atoms with Gasteiger partial charge in [0.25, 0.3) is 5.89 Å². The van der Waals surface area contributed by atoms with Crippen LogP contribution in [0.15, 0.2) is 10.6 Å². The number of rotatable bonds is 2. The summed E-state index contributed by atoms with van der Waals surface area (Å²) in [5, 5.41) is 14.2. The van der Waals surface area contributed by atoms with Gasteiger partial charge in [-0.3, -0.25) is 5.10 Å². The van der Waals surface area contributed by atoms with Crippen LogP contribution in [0.1, 0.15) is 11.6 Å². The molecule has 0 aliphatic rings. The van der Waals surface area contributed by atoms with Gasteiger partial charge in [0.1, 0.15) is 5.88 Å². The molecule has 0 aromatic carbocycles. The third-order valence-corrected chi connectivity index (χ3v) is 1.87. The summed E-state index contributed by atoms with van der Waals surface area (Å²) in [6.45, 7) is 1.88. The number of aryl methyl sites for hydroxylation is 1. The Balaban J connectivity index is 2.41. The molecule has 0 amide bonds. The normalized spacial score (nSPS) is 10.6. The average Bonchev–Trinajstić information content (AvgIpc) is 2.71. The van der Waals surface area contributed by atoms with E-state index in [1.165, 1.54) is 0 Å². The fraction of sp³-hybridized carbons (Fsp3) is 0.286. The van der Waals surface area contributed by atoms with Crippen molar-refractivity contribution in [3.8, 4) is 11.5 Å². The summed E-state index contributed by atoms with van der Waals surface area (Å²) in [5.41, 5.74) is 1.70. The summed E-state index contributed by atoms with van der Waals surface area (Å²) < 4.78 is 5.24. The molecule has 2 aromatic heterocycles. The van der Waals surface area contributed by atoms with Crippen LogP contribution in [0.2, 0.25) is 0 Å². The molecule has 0 fully saturated rings. The predicted molar refractivity (Wildman–Crippen MR) is 46.2 cm³/mol. The van der Waals surface area contributed by atoms with E-state index in [1.54, 1.807) is 6.20 Å². The first kappa shape index (κ1) is 8.25. The minimum atomic E-state index is 0.226. The summed E-state index contributed by atoms with van der Waals surface area (Å²) in [6, 6.07) is 0. The average molecular weight is 199 g/mol. The van der Waals surface area contributed by atoms with Gasteiger partial charge in [0, 0.05) is 5.69 Å². The summed E-state index contributed by atoms with van der Waals surface area (Å²) in [7, 11) is 0. The molecule has 13 heavy (non-hydrogen) atoms. The first-order chi connectivity index (χ1) is 6.31. The number of nitrogens with zero attached hydrogens (tertiary/aromatic N) is 3. The summed E-state index contributed by atoms with van der Waals surface area (Å²) in [5.74, 6) is 1.09. The molecular formula is C7H7ClN4O.